The van der Waals surface area contributed by atoms with Gasteiger partial charge in [-0.2, -0.15) is 5.10 Å². The SMILES string of the molecule is COc1cn2nccc2cc1Nc1ncnc2sc3c(c12)CCC(C(=O)Nc1cccc(F)c1)C3. The van der Waals surface area contributed by atoms with E-state index in [1.165, 1.54) is 17.7 Å². The predicted octanol–water partition coefficient (Wildman–Crippen LogP) is 4.97. The number of methoxy groups -OCH3 is 1. The van der Waals surface area contributed by atoms with Gasteiger partial charge in [-0.25, -0.2) is 18.9 Å². The van der Waals surface area contributed by atoms with Crippen LogP contribution in [0.1, 0.15) is 16.9 Å². The molecule has 4 aromatic heterocycles. The number of aromatic nitrogens is 4. The van der Waals surface area contributed by atoms with Crippen molar-refractivity contribution in [2.45, 2.75) is 19.3 Å². The molecule has 2 N–H and O–H groups in total. The number of fused-ring (bicyclic) bond motifs is 4. The van der Waals surface area contributed by atoms with E-state index in [-0.39, 0.29) is 17.6 Å². The van der Waals surface area contributed by atoms with Gasteiger partial charge in [-0.1, -0.05) is 6.07 Å². The van der Waals surface area contributed by atoms with Crippen LogP contribution < -0.4 is 15.4 Å². The van der Waals surface area contributed by atoms with Crippen molar-refractivity contribution >= 4 is 50.2 Å². The molecule has 1 amide bonds. The number of hydrogen-bond donors (Lipinski definition) is 2. The predicted molar refractivity (Wildman–Crippen MR) is 133 cm³/mol. The number of nitrogens with zero attached hydrogens (tertiary/aromatic N) is 4. The van der Waals surface area contributed by atoms with Crippen molar-refractivity contribution < 1.29 is 13.9 Å². The zero-order chi connectivity index (χ0) is 23.9. The number of halogens is 1. The topological polar surface area (TPSA) is 93.4 Å². The number of benzene rings is 1. The number of hydrogen-bond acceptors (Lipinski definition) is 7. The van der Waals surface area contributed by atoms with Crippen LogP contribution in [0.2, 0.25) is 0 Å². The largest absolute Gasteiger partial charge is 0.493 e. The zero-order valence-corrected chi connectivity index (χ0v) is 19.6. The van der Waals surface area contributed by atoms with Gasteiger partial charge in [0.1, 0.15) is 22.8 Å². The average Bonchev–Trinajstić information content (AvgIpc) is 3.47. The number of thiophene rings is 1. The van der Waals surface area contributed by atoms with Gasteiger partial charge in [0.05, 0.1) is 29.9 Å². The summed E-state index contributed by atoms with van der Waals surface area (Å²) in [5.74, 6) is 0.693. The van der Waals surface area contributed by atoms with Crippen LogP contribution in [-0.2, 0) is 17.6 Å². The highest BCUT2D eigenvalue weighted by atomic mass is 32.1. The Morgan fingerprint density at radius 1 is 1.26 bits per heavy atom. The number of carbonyl (C=O) groups is 1. The second-order valence-electron chi connectivity index (χ2n) is 8.43. The lowest BCUT2D eigenvalue weighted by molar-refractivity contribution is -0.120. The summed E-state index contributed by atoms with van der Waals surface area (Å²) in [7, 11) is 1.62. The Labute approximate surface area is 203 Å². The Morgan fingerprint density at radius 3 is 3.03 bits per heavy atom. The minimum atomic E-state index is -0.374. The van der Waals surface area contributed by atoms with E-state index in [2.05, 4.69) is 25.7 Å². The van der Waals surface area contributed by atoms with Crippen LogP contribution in [0.3, 0.4) is 0 Å². The molecule has 1 aliphatic rings. The number of carbonyl (C=O) groups excluding carboxylic acids is 1. The molecule has 8 nitrogen and oxygen atoms in total. The number of aryl methyl sites for hydroxylation is 1. The first-order valence-corrected chi connectivity index (χ1v) is 12.0. The lowest BCUT2D eigenvalue weighted by atomic mass is 9.87. The summed E-state index contributed by atoms with van der Waals surface area (Å²) in [6.07, 6.45) is 7.14. The molecule has 0 saturated carbocycles. The molecule has 0 bridgehead atoms. The first-order valence-electron chi connectivity index (χ1n) is 11.2. The molecule has 0 aliphatic heterocycles. The van der Waals surface area contributed by atoms with Gasteiger partial charge < -0.3 is 15.4 Å². The Hall–Kier alpha value is -4.05. The molecule has 10 heteroatoms. The Kier molecular flexibility index (Phi) is 5.29. The normalized spacial score (nSPS) is 15.2. The van der Waals surface area contributed by atoms with Crippen LogP contribution in [0, 0.1) is 11.7 Å². The number of anilines is 3. The van der Waals surface area contributed by atoms with Crippen molar-refractivity contribution in [3.8, 4) is 5.75 Å². The standard InChI is InChI=1S/C25H21FN6O2S/c1-34-20-12-32-17(7-8-29-32)11-19(20)31-23-22-18-6-5-14(9-21(18)35-25(22)28-13-27-23)24(33)30-16-4-2-3-15(26)10-16/h2-4,7-8,10-14H,5-6,9H2,1H3,(H,30,33)(H,27,28,31). The molecule has 176 valence electrons. The van der Waals surface area contributed by atoms with Gasteiger partial charge in [-0.15, -0.1) is 11.3 Å². The van der Waals surface area contributed by atoms with Crippen molar-refractivity contribution in [2.24, 2.45) is 5.92 Å². The third-order valence-electron chi connectivity index (χ3n) is 6.28. The number of ether oxygens (including phenoxy) is 1. The van der Waals surface area contributed by atoms with Crippen LogP contribution in [0.4, 0.5) is 21.6 Å². The van der Waals surface area contributed by atoms with E-state index in [1.807, 2.05) is 18.3 Å². The monoisotopic (exact) mass is 488 g/mol. The van der Waals surface area contributed by atoms with E-state index >= 15 is 0 Å². The van der Waals surface area contributed by atoms with Gasteiger partial charge in [0.2, 0.25) is 5.91 Å². The maximum atomic E-state index is 13.5. The molecule has 1 aromatic carbocycles. The van der Waals surface area contributed by atoms with Crippen molar-refractivity contribution in [3.05, 3.63) is 71.4 Å². The molecule has 5 aromatic rings. The Balaban J connectivity index is 1.29. The van der Waals surface area contributed by atoms with E-state index in [4.69, 9.17) is 4.74 Å². The first-order chi connectivity index (χ1) is 17.1. The third kappa shape index (κ3) is 3.95. The van der Waals surface area contributed by atoms with Gasteiger partial charge in [-0.05, 0) is 55.2 Å². The second kappa shape index (κ2) is 8.62. The smallest absolute Gasteiger partial charge is 0.227 e. The Morgan fingerprint density at radius 2 is 2.17 bits per heavy atom. The van der Waals surface area contributed by atoms with Crippen LogP contribution in [0.25, 0.3) is 15.7 Å². The Bertz CT molecular complexity index is 1580. The summed E-state index contributed by atoms with van der Waals surface area (Å²) in [6, 6.07) is 9.85. The highest BCUT2D eigenvalue weighted by Gasteiger charge is 2.29. The maximum absolute atomic E-state index is 13.5. The van der Waals surface area contributed by atoms with Gasteiger partial charge >= 0.3 is 0 Å². The molecule has 1 atom stereocenters. The van der Waals surface area contributed by atoms with Crippen LogP contribution in [0.15, 0.2) is 55.1 Å². The summed E-state index contributed by atoms with van der Waals surface area (Å²) in [5, 5.41) is 11.5. The molecule has 0 spiro atoms. The van der Waals surface area contributed by atoms with E-state index in [9.17, 15) is 9.18 Å². The zero-order valence-electron chi connectivity index (χ0n) is 18.8. The van der Waals surface area contributed by atoms with E-state index in [0.29, 0.717) is 30.1 Å². The van der Waals surface area contributed by atoms with E-state index in [1.54, 1.807) is 47.6 Å². The first kappa shape index (κ1) is 21.5. The maximum Gasteiger partial charge on any atom is 0.227 e. The fourth-order valence-corrected chi connectivity index (χ4v) is 5.84. The van der Waals surface area contributed by atoms with E-state index < -0.39 is 0 Å². The molecule has 4 heterocycles. The van der Waals surface area contributed by atoms with Crippen molar-refractivity contribution in [3.63, 3.8) is 0 Å². The summed E-state index contributed by atoms with van der Waals surface area (Å²) in [5.41, 5.74) is 3.35. The van der Waals surface area contributed by atoms with E-state index in [0.717, 1.165) is 32.7 Å². The molecule has 1 unspecified atom stereocenters. The number of pyridine rings is 1. The fraction of sp³-hybridized carbons (Fsp3) is 0.200. The number of amides is 1. The van der Waals surface area contributed by atoms with Crippen LogP contribution >= 0.6 is 11.3 Å². The minimum absolute atomic E-state index is 0.0954. The minimum Gasteiger partial charge on any atom is -0.493 e. The second-order valence-corrected chi connectivity index (χ2v) is 9.51. The van der Waals surface area contributed by atoms with Crippen LogP contribution in [-0.4, -0.2) is 32.6 Å². The van der Waals surface area contributed by atoms with Gasteiger partial charge in [0, 0.05) is 22.7 Å². The van der Waals surface area contributed by atoms with Crippen molar-refractivity contribution in [2.75, 3.05) is 17.7 Å². The van der Waals surface area contributed by atoms with Gasteiger partial charge in [0.15, 0.2) is 5.75 Å². The molecule has 0 radical (unpaired) electrons. The lowest BCUT2D eigenvalue weighted by Gasteiger charge is -2.22. The molecule has 35 heavy (non-hydrogen) atoms. The number of nitrogens with one attached hydrogen (secondary N) is 2. The summed E-state index contributed by atoms with van der Waals surface area (Å²) in [6.45, 7) is 0. The molecule has 0 saturated heterocycles. The van der Waals surface area contributed by atoms with Crippen LogP contribution in [0.5, 0.6) is 5.75 Å². The molecule has 6 rings (SSSR count). The molecular formula is C25H21FN6O2S. The molecule has 1 aliphatic carbocycles. The van der Waals surface area contributed by atoms with Gasteiger partial charge in [-0.3, -0.25) is 4.79 Å². The van der Waals surface area contributed by atoms with Crippen molar-refractivity contribution in [1.29, 1.82) is 0 Å². The van der Waals surface area contributed by atoms with Crippen molar-refractivity contribution in [1.82, 2.24) is 19.6 Å². The molecular weight excluding hydrogens is 467 g/mol. The number of rotatable bonds is 5. The average molecular weight is 489 g/mol. The molecule has 0 fully saturated rings. The summed E-state index contributed by atoms with van der Waals surface area (Å²) >= 11 is 1.59. The lowest BCUT2D eigenvalue weighted by Crippen LogP contribution is -2.27. The third-order valence-corrected chi connectivity index (χ3v) is 7.44. The highest BCUT2D eigenvalue weighted by Crippen LogP contribution is 2.41. The quantitative estimate of drug-likeness (QED) is 0.363. The summed E-state index contributed by atoms with van der Waals surface area (Å²) < 4.78 is 20.8. The highest BCUT2D eigenvalue weighted by molar-refractivity contribution is 7.19. The van der Waals surface area contributed by atoms with Gasteiger partial charge in [0.25, 0.3) is 0 Å². The summed E-state index contributed by atoms with van der Waals surface area (Å²) in [4.78, 5) is 23.9. The fourth-order valence-electron chi connectivity index (χ4n) is 4.57.